The van der Waals surface area contributed by atoms with Gasteiger partial charge in [-0.1, -0.05) is 0 Å². The first-order valence-electron chi connectivity index (χ1n) is 4.63. The van der Waals surface area contributed by atoms with Gasteiger partial charge in [0.25, 0.3) is 5.91 Å². The molecule has 0 aromatic carbocycles. The first kappa shape index (κ1) is 9.70. The second kappa shape index (κ2) is 3.38. The summed E-state index contributed by atoms with van der Waals surface area (Å²) in [7, 11) is 3.29. The van der Waals surface area contributed by atoms with Gasteiger partial charge in [0.15, 0.2) is 0 Å². The molecule has 6 heteroatoms. The maximum absolute atomic E-state index is 11.5. The number of hydrogen-bond acceptors (Lipinski definition) is 4. The second-order valence-electron chi connectivity index (χ2n) is 3.59. The van der Waals surface area contributed by atoms with Crippen molar-refractivity contribution in [3.63, 3.8) is 0 Å². The van der Waals surface area contributed by atoms with Gasteiger partial charge in [0, 0.05) is 20.3 Å². The highest BCUT2D eigenvalue weighted by atomic mass is 16.2. The Balaban J connectivity index is 2.08. The number of likely N-dealkylation sites (N-methyl/N-ethyl adjacent to an activating group) is 1. The number of amides is 2. The van der Waals surface area contributed by atoms with E-state index in [1.54, 1.807) is 24.1 Å². The van der Waals surface area contributed by atoms with Crippen LogP contribution in [0.1, 0.15) is 6.42 Å². The quantitative estimate of drug-likeness (QED) is 0.671. The second-order valence-corrected chi connectivity index (χ2v) is 3.59. The fourth-order valence-corrected chi connectivity index (χ4v) is 1.57. The molecule has 15 heavy (non-hydrogen) atoms. The summed E-state index contributed by atoms with van der Waals surface area (Å²) in [4.78, 5) is 23.9. The number of carbonyl (C=O) groups is 2. The zero-order valence-electron chi connectivity index (χ0n) is 8.60. The topological polar surface area (TPSA) is 67.2 Å². The molecule has 2 heterocycles. The summed E-state index contributed by atoms with van der Waals surface area (Å²) in [6.07, 6.45) is 3.59. The van der Waals surface area contributed by atoms with Gasteiger partial charge < -0.3 is 5.32 Å². The zero-order chi connectivity index (χ0) is 11.0. The molecule has 80 valence electrons. The van der Waals surface area contributed by atoms with Crippen LogP contribution in [-0.4, -0.2) is 39.6 Å². The fraction of sp³-hybridized carbons (Fsp3) is 0.444. The molecule has 6 nitrogen and oxygen atoms in total. The van der Waals surface area contributed by atoms with Crippen molar-refractivity contribution in [3.8, 4) is 0 Å². The highest BCUT2D eigenvalue weighted by Gasteiger charge is 2.35. The van der Waals surface area contributed by atoms with Gasteiger partial charge in [-0.15, -0.1) is 0 Å². The molecule has 1 aromatic rings. The van der Waals surface area contributed by atoms with E-state index in [4.69, 9.17) is 0 Å². The van der Waals surface area contributed by atoms with Crippen molar-refractivity contribution in [1.29, 1.82) is 0 Å². The normalized spacial score (nSPS) is 21.2. The Morgan fingerprint density at radius 1 is 1.47 bits per heavy atom. The van der Waals surface area contributed by atoms with Gasteiger partial charge >= 0.3 is 0 Å². The standard InChI is InChI=1S/C9H12N4O2/c1-12-5-6(4-10-12)11-7-3-8(14)13(2)9(7)15/h4-5,7,11H,3H2,1-2H3. The molecule has 0 saturated carbocycles. The summed E-state index contributed by atoms with van der Waals surface area (Å²) in [6.45, 7) is 0. The third kappa shape index (κ3) is 1.70. The van der Waals surface area contributed by atoms with Crippen LogP contribution in [0.2, 0.25) is 0 Å². The van der Waals surface area contributed by atoms with Gasteiger partial charge in [-0.05, 0) is 0 Å². The van der Waals surface area contributed by atoms with E-state index in [1.807, 2.05) is 0 Å². The van der Waals surface area contributed by atoms with E-state index in [9.17, 15) is 9.59 Å². The van der Waals surface area contributed by atoms with E-state index in [0.29, 0.717) is 0 Å². The smallest absolute Gasteiger partial charge is 0.251 e. The monoisotopic (exact) mass is 208 g/mol. The van der Waals surface area contributed by atoms with Crippen LogP contribution in [0.4, 0.5) is 5.69 Å². The molecule has 1 unspecified atom stereocenters. The van der Waals surface area contributed by atoms with Crippen molar-refractivity contribution >= 4 is 17.5 Å². The van der Waals surface area contributed by atoms with E-state index in [2.05, 4.69) is 10.4 Å². The maximum Gasteiger partial charge on any atom is 0.251 e. The Bertz CT molecular complexity index is 412. The third-order valence-corrected chi connectivity index (χ3v) is 2.43. The average Bonchev–Trinajstić information content (AvgIpc) is 2.68. The minimum absolute atomic E-state index is 0.151. The average molecular weight is 208 g/mol. The number of rotatable bonds is 2. The van der Waals surface area contributed by atoms with E-state index in [-0.39, 0.29) is 18.2 Å². The number of anilines is 1. The predicted molar refractivity (Wildman–Crippen MR) is 53.0 cm³/mol. The van der Waals surface area contributed by atoms with Gasteiger partial charge in [-0.25, -0.2) is 0 Å². The SMILES string of the molecule is CN1C(=O)CC(Nc2cnn(C)c2)C1=O. The van der Waals surface area contributed by atoms with Crippen molar-refractivity contribution in [2.45, 2.75) is 12.5 Å². The molecule has 1 saturated heterocycles. The van der Waals surface area contributed by atoms with Crippen molar-refractivity contribution in [2.75, 3.05) is 12.4 Å². The summed E-state index contributed by atoms with van der Waals surface area (Å²) < 4.78 is 1.63. The summed E-state index contributed by atoms with van der Waals surface area (Å²) >= 11 is 0. The molecule has 0 aliphatic carbocycles. The number of aryl methyl sites for hydroxylation is 1. The number of carbonyl (C=O) groups excluding carboxylic acids is 2. The molecule has 1 atom stereocenters. The zero-order valence-corrected chi connectivity index (χ0v) is 8.60. The van der Waals surface area contributed by atoms with Gasteiger partial charge in [-0.3, -0.25) is 19.2 Å². The number of hydrogen-bond donors (Lipinski definition) is 1. The fourth-order valence-electron chi connectivity index (χ4n) is 1.57. The van der Waals surface area contributed by atoms with E-state index in [0.717, 1.165) is 10.6 Å². The largest absolute Gasteiger partial charge is 0.371 e. The first-order chi connectivity index (χ1) is 7.08. The molecule has 1 N–H and O–H groups in total. The van der Waals surface area contributed by atoms with Crippen LogP contribution in [0.15, 0.2) is 12.4 Å². The van der Waals surface area contributed by atoms with Crippen LogP contribution in [0, 0.1) is 0 Å². The molecule has 0 radical (unpaired) electrons. The van der Waals surface area contributed by atoms with Crippen LogP contribution in [0.3, 0.4) is 0 Å². The van der Waals surface area contributed by atoms with Gasteiger partial charge in [-0.2, -0.15) is 5.10 Å². The Hall–Kier alpha value is -1.85. The van der Waals surface area contributed by atoms with Crippen molar-refractivity contribution in [1.82, 2.24) is 14.7 Å². The lowest BCUT2D eigenvalue weighted by Gasteiger charge is -2.09. The number of nitrogens with zero attached hydrogens (tertiary/aromatic N) is 3. The summed E-state index contributed by atoms with van der Waals surface area (Å²) in [5.74, 6) is -0.342. The van der Waals surface area contributed by atoms with Crippen LogP contribution in [0.5, 0.6) is 0 Å². The molecule has 1 aliphatic heterocycles. The Kier molecular flexibility index (Phi) is 2.18. The molecule has 0 spiro atoms. The lowest BCUT2D eigenvalue weighted by atomic mass is 10.2. The van der Waals surface area contributed by atoms with Crippen LogP contribution >= 0.6 is 0 Å². The maximum atomic E-state index is 11.5. The van der Waals surface area contributed by atoms with E-state index >= 15 is 0 Å². The van der Waals surface area contributed by atoms with Gasteiger partial charge in [0.05, 0.1) is 18.3 Å². The summed E-state index contributed by atoms with van der Waals surface area (Å²) in [5, 5.41) is 6.94. The van der Waals surface area contributed by atoms with E-state index in [1.165, 1.54) is 7.05 Å². The van der Waals surface area contributed by atoms with Crippen LogP contribution in [0.25, 0.3) is 0 Å². The highest BCUT2D eigenvalue weighted by Crippen LogP contribution is 2.16. The molecular weight excluding hydrogens is 196 g/mol. The summed E-state index contributed by atoms with van der Waals surface area (Å²) in [6, 6.07) is -0.452. The highest BCUT2D eigenvalue weighted by molar-refractivity contribution is 6.06. The molecule has 1 aliphatic rings. The lowest BCUT2D eigenvalue weighted by Crippen LogP contribution is -2.31. The molecular formula is C9H12N4O2. The number of imide groups is 1. The Labute approximate surface area is 86.9 Å². The molecule has 0 bridgehead atoms. The first-order valence-corrected chi connectivity index (χ1v) is 4.63. The number of aromatic nitrogens is 2. The summed E-state index contributed by atoms with van der Waals surface area (Å²) in [5.41, 5.74) is 0.749. The minimum Gasteiger partial charge on any atom is -0.371 e. The Morgan fingerprint density at radius 2 is 2.20 bits per heavy atom. The molecule has 1 aromatic heterocycles. The molecule has 1 fully saturated rings. The van der Waals surface area contributed by atoms with Crippen molar-refractivity contribution < 1.29 is 9.59 Å². The number of likely N-dealkylation sites (tertiary alicyclic amines) is 1. The van der Waals surface area contributed by atoms with Gasteiger partial charge in [0.1, 0.15) is 6.04 Å². The van der Waals surface area contributed by atoms with Gasteiger partial charge in [0.2, 0.25) is 5.91 Å². The molecule has 2 amide bonds. The van der Waals surface area contributed by atoms with Crippen molar-refractivity contribution in [2.24, 2.45) is 7.05 Å². The minimum atomic E-state index is -0.452. The van der Waals surface area contributed by atoms with E-state index < -0.39 is 6.04 Å². The Morgan fingerprint density at radius 3 is 2.67 bits per heavy atom. The van der Waals surface area contributed by atoms with Crippen LogP contribution in [-0.2, 0) is 16.6 Å². The number of nitrogens with one attached hydrogen (secondary N) is 1. The predicted octanol–water partition coefficient (Wildman–Crippen LogP) is -0.411. The lowest BCUT2D eigenvalue weighted by molar-refractivity contribution is -0.136. The van der Waals surface area contributed by atoms with Crippen molar-refractivity contribution in [3.05, 3.63) is 12.4 Å². The molecule has 2 rings (SSSR count). The van der Waals surface area contributed by atoms with Crippen LogP contribution < -0.4 is 5.32 Å². The third-order valence-electron chi connectivity index (χ3n) is 2.43.